The molecule has 0 aromatic carbocycles. The Hall–Kier alpha value is -1.10. The summed E-state index contributed by atoms with van der Waals surface area (Å²) in [7, 11) is 0. The predicted octanol–water partition coefficient (Wildman–Crippen LogP) is 0.890. The normalized spacial score (nSPS) is 13.1. The van der Waals surface area contributed by atoms with Crippen molar-refractivity contribution in [3.63, 3.8) is 0 Å². The highest BCUT2D eigenvalue weighted by Gasteiger charge is 2.26. The van der Waals surface area contributed by atoms with Gasteiger partial charge in [-0.05, 0) is 27.2 Å². The molecule has 0 aliphatic carbocycles. The van der Waals surface area contributed by atoms with E-state index >= 15 is 0 Å². The third-order valence-corrected chi connectivity index (χ3v) is 2.34. The van der Waals surface area contributed by atoms with E-state index in [0.717, 1.165) is 0 Å². The molecule has 0 spiro atoms. The molecule has 0 fully saturated rings. The fourth-order valence-corrected chi connectivity index (χ4v) is 0.737. The first kappa shape index (κ1) is 14.9. The van der Waals surface area contributed by atoms with Crippen LogP contribution in [0.1, 0.15) is 34.1 Å². The first-order valence-electron chi connectivity index (χ1n) is 5.33. The lowest BCUT2D eigenvalue weighted by atomic mass is 9.91. The SMILES string of the molecule is CCC(C)(C)C(=O)OCCOC(=O)C(C)O. The van der Waals surface area contributed by atoms with E-state index in [1.165, 1.54) is 6.92 Å². The molecular formula is C11H20O5. The number of hydrogen-bond acceptors (Lipinski definition) is 5. The molecule has 0 amide bonds. The van der Waals surface area contributed by atoms with Crippen LogP contribution in [0.4, 0.5) is 0 Å². The Kier molecular flexibility index (Phi) is 6.03. The molecule has 1 atom stereocenters. The molecule has 5 heteroatoms. The summed E-state index contributed by atoms with van der Waals surface area (Å²) >= 11 is 0. The maximum atomic E-state index is 11.5. The van der Waals surface area contributed by atoms with Crippen LogP contribution in [0.3, 0.4) is 0 Å². The van der Waals surface area contributed by atoms with Gasteiger partial charge >= 0.3 is 11.9 Å². The summed E-state index contributed by atoms with van der Waals surface area (Å²) in [5.41, 5.74) is -0.520. The Bertz CT molecular complexity index is 245. The van der Waals surface area contributed by atoms with E-state index in [0.29, 0.717) is 6.42 Å². The Morgan fingerprint density at radius 3 is 2.19 bits per heavy atom. The van der Waals surface area contributed by atoms with Crippen LogP contribution in [0.5, 0.6) is 0 Å². The molecule has 1 N–H and O–H groups in total. The van der Waals surface area contributed by atoms with Gasteiger partial charge in [-0.1, -0.05) is 6.92 Å². The minimum atomic E-state index is -1.15. The van der Waals surface area contributed by atoms with Gasteiger partial charge in [0.05, 0.1) is 5.41 Å². The lowest BCUT2D eigenvalue weighted by molar-refractivity contribution is -0.162. The van der Waals surface area contributed by atoms with Gasteiger partial charge in [-0.15, -0.1) is 0 Å². The fraction of sp³-hybridized carbons (Fsp3) is 0.818. The first-order chi connectivity index (χ1) is 7.31. The smallest absolute Gasteiger partial charge is 0.334 e. The summed E-state index contributed by atoms with van der Waals surface area (Å²) in [6.07, 6.45) is -0.470. The molecule has 0 aliphatic heterocycles. The third-order valence-electron chi connectivity index (χ3n) is 2.34. The van der Waals surface area contributed by atoms with Gasteiger partial charge in [0.15, 0.2) is 0 Å². The van der Waals surface area contributed by atoms with Gasteiger partial charge in [0.2, 0.25) is 0 Å². The second-order valence-electron chi connectivity index (χ2n) is 4.22. The number of rotatable bonds is 6. The number of carbonyl (C=O) groups is 2. The molecule has 0 saturated carbocycles. The van der Waals surface area contributed by atoms with E-state index < -0.39 is 17.5 Å². The molecule has 0 heterocycles. The van der Waals surface area contributed by atoms with Crippen molar-refractivity contribution in [2.75, 3.05) is 13.2 Å². The summed E-state index contributed by atoms with van der Waals surface area (Å²) in [5.74, 6) is -1.03. The molecule has 5 nitrogen and oxygen atoms in total. The highest BCUT2D eigenvalue weighted by atomic mass is 16.6. The summed E-state index contributed by atoms with van der Waals surface area (Å²) in [6.45, 7) is 6.77. The minimum absolute atomic E-state index is 0.0146. The van der Waals surface area contributed by atoms with E-state index in [1.54, 1.807) is 13.8 Å². The zero-order valence-corrected chi connectivity index (χ0v) is 10.3. The molecule has 16 heavy (non-hydrogen) atoms. The van der Waals surface area contributed by atoms with Crippen LogP contribution in [0.2, 0.25) is 0 Å². The van der Waals surface area contributed by atoms with E-state index in [-0.39, 0.29) is 19.2 Å². The van der Waals surface area contributed by atoms with Gasteiger partial charge in [0.25, 0.3) is 0 Å². The Labute approximate surface area is 95.7 Å². The second-order valence-corrected chi connectivity index (χ2v) is 4.22. The van der Waals surface area contributed by atoms with Crippen molar-refractivity contribution < 1.29 is 24.2 Å². The number of carbonyl (C=O) groups excluding carboxylic acids is 2. The van der Waals surface area contributed by atoms with E-state index in [1.807, 2.05) is 6.92 Å². The molecular weight excluding hydrogens is 212 g/mol. The summed E-state index contributed by atoms with van der Waals surface area (Å²) in [5, 5.41) is 8.81. The number of aliphatic hydroxyl groups excluding tert-OH is 1. The maximum absolute atomic E-state index is 11.5. The molecule has 1 unspecified atom stereocenters. The van der Waals surface area contributed by atoms with Crippen LogP contribution in [-0.4, -0.2) is 36.4 Å². The van der Waals surface area contributed by atoms with Crippen molar-refractivity contribution in [2.24, 2.45) is 5.41 Å². The molecule has 0 aliphatic rings. The molecule has 0 radical (unpaired) electrons. The summed E-state index contributed by atoms with van der Waals surface area (Å²) in [6, 6.07) is 0. The number of aliphatic hydroxyl groups is 1. The molecule has 94 valence electrons. The average Bonchev–Trinajstić information content (AvgIpc) is 2.23. The van der Waals surface area contributed by atoms with Crippen LogP contribution < -0.4 is 0 Å². The van der Waals surface area contributed by atoms with Gasteiger partial charge in [0.1, 0.15) is 19.3 Å². The third kappa shape index (κ3) is 5.11. The number of esters is 2. The van der Waals surface area contributed by atoms with Gasteiger partial charge in [0, 0.05) is 0 Å². The van der Waals surface area contributed by atoms with Gasteiger partial charge in [-0.3, -0.25) is 4.79 Å². The lowest BCUT2D eigenvalue weighted by Crippen LogP contribution is -2.28. The highest BCUT2D eigenvalue weighted by Crippen LogP contribution is 2.21. The van der Waals surface area contributed by atoms with E-state index in [2.05, 4.69) is 4.74 Å². The van der Waals surface area contributed by atoms with Crippen molar-refractivity contribution in [1.29, 1.82) is 0 Å². The molecule has 0 aromatic heterocycles. The van der Waals surface area contributed by atoms with Gasteiger partial charge in [-0.25, -0.2) is 4.79 Å². The van der Waals surface area contributed by atoms with Crippen LogP contribution in [0.15, 0.2) is 0 Å². The lowest BCUT2D eigenvalue weighted by Gasteiger charge is -2.20. The van der Waals surface area contributed by atoms with E-state index in [4.69, 9.17) is 9.84 Å². The Morgan fingerprint density at radius 1 is 1.25 bits per heavy atom. The highest BCUT2D eigenvalue weighted by molar-refractivity contribution is 5.76. The Morgan fingerprint density at radius 2 is 1.75 bits per heavy atom. The van der Waals surface area contributed by atoms with Crippen LogP contribution in [0.25, 0.3) is 0 Å². The summed E-state index contributed by atoms with van der Waals surface area (Å²) < 4.78 is 9.56. The number of ether oxygens (including phenoxy) is 2. The van der Waals surface area contributed by atoms with Crippen LogP contribution >= 0.6 is 0 Å². The molecule has 0 aromatic rings. The van der Waals surface area contributed by atoms with Crippen LogP contribution in [-0.2, 0) is 19.1 Å². The average molecular weight is 232 g/mol. The summed E-state index contributed by atoms with van der Waals surface area (Å²) in [4.78, 5) is 22.3. The number of hydrogen-bond donors (Lipinski definition) is 1. The van der Waals surface area contributed by atoms with Gasteiger partial charge < -0.3 is 14.6 Å². The standard InChI is InChI=1S/C11H20O5/c1-5-11(3,4)10(14)16-7-6-15-9(13)8(2)12/h8,12H,5-7H2,1-4H3. The minimum Gasteiger partial charge on any atom is -0.462 e. The quantitative estimate of drug-likeness (QED) is 0.544. The van der Waals surface area contributed by atoms with Crippen molar-refractivity contribution in [3.05, 3.63) is 0 Å². The molecule has 0 saturated heterocycles. The van der Waals surface area contributed by atoms with Crippen molar-refractivity contribution in [1.82, 2.24) is 0 Å². The van der Waals surface area contributed by atoms with Crippen molar-refractivity contribution in [3.8, 4) is 0 Å². The fourth-order valence-electron chi connectivity index (χ4n) is 0.737. The van der Waals surface area contributed by atoms with Gasteiger partial charge in [-0.2, -0.15) is 0 Å². The predicted molar refractivity (Wildman–Crippen MR) is 57.7 cm³/mol. The largest absolute Gasteiger partial charge is 0.462 e. The zero-order valence-electron chi connectivity index (χ0n) is 10.3. The van der Waals surface area contributed by atoms with Crippen molar-refractivity contribution >= 4 is 11.9 Å². The molecule has 0 bridgehead atoms. The first-order valence-corrected chi connectivity index (χ1v) is 5.33. The second kappa shape index (κ2) is 6.48. The molecule has 0 rings (SSSR count). The van der Waals surface area contributed by atoms with Crippen LogP contribution in [0, 0.1) is 5.41 Å². The van der Waals surface area contributed by atoms with E-state index in [9.17, 15) is 9.59 Å². The maximum Gasteiger partial charge on any atom is 0.334 e. The topological polar surface area (TPSA) is 72.8 Å². The monoisotopic (exact) mass is 232 g/mol. The zero-order chi connectivity index (χ0) is 12.8. The van der Waals surface area contributed by atoms with Crippen molar-refractivity contribution in [2.45, 2.75) is 40.2 Å². The Balaban J connectivity index is 3.76.